The first kappa shape index (κ1) is 19.5. The van der Waals surface area contributed by atoms with Gasteiger partial charge < -0.3 is 10.1 Å². The number of hydrazine groups is 1. The molecule has 2 aromatic rings. The van der Waals surface area contributed by atoms with Crippen LogP contribution in [-0.2, 0) is 4.74 Å². The van der Waals surface area contributed by atoms with Gasteiger partial charge in [-0.15, -0.1) is 0 Å². The third-order valence-electron chi connectivity index (χ3n) is 3.21. The van der Waals surface area contributed by atoms with Gasteiger partial charge in [-0.3, -0.25) is 25.8 Å². The van der Waals surface area contributed by atoms with Crippen LogP contribution in [0.5, 0.6) is 0 Å². The molecule has 1 heterocycles. The first-order valence-electron chi connectivity index (χ1n) is 7.49. The molecule has 26 heavy (non-hydrogen) atoms. The van der Waals surface area contributed by atoms with Crippen LogP contribution in [0.1, 0.15) is 17.3 Å². The molecule has 2 rings (SSSR count). The van der Waals surface area contributed by atoms with E-state index in [0.717, 1.165) is 10.8 Å². The fourth-order valence-corrected chi connectivity index (χ4v) is 2.33. The summed E-state index contributed by atoms with van der Waals surface area (Å²) in [5, 5.41) is 14.3. The summed E-state index contributed by atoms with van der Waals surface area (Å²) in [6.07, 6.45) is 1.16. The summed E-state index contributed by atoms with van der Waals surface area (Å²) >= 11 is 3.28. The molecule has 0 aliphatic carbocycles. The standard InChI is InChI=1S/C15H17BrN6O4/c1-9(7-26-2)19-13-12(22(24)25)14(18-8-17-13)20-21-15(23)10-3-5-11(16)6-4-10/h3-6,8-9H,7H2,1-2H3,(H,21,23)(H2,17,18,19,20). The van der Waals surface area contributed by atoms with Crippen molar-refractivity contribution in [2.24, 2.45) is 0 Å². The summed E-state index contributed by atoms with van der Waals surface area (Å²) in [5.74, 6) is -0.579. The normalized spacial score (nSPS) is 11.5. The topological polar surface area (TPSA) is 131 Å². The Labute approximate surface area is 157 Å². The van der Waals surface area contributed by atoms with Crippen molar-refractivity contribution >= 4 is 39.2 Å². The van der Waals surface area contributed by atoms with Gasteiger partial charge in [0.1, 0.15) is 6.33 Å². The monoisotopic (exact) mass is 424 g/mol. The van der Waals surface area contributed by atoms with Gasteiger partial charge in [-0.1, -0.05) is 15.9 Å². The number of hydrogen-bond donors (Lipinski definition) is 3. The number of carbonyl (C=O) groups is 1. The van der Waals surface area contributed by atoms with Gasteiger partial charge in [-0.2, -0.15) is 0 Å². The van der Waals surface area contributed by atoms with Gasteiger partial charge in [0, 0.05) is 23.2 Å². The molecule has 0 saturated heterocycles. The number of ether oxygens (including phenoxy) is 1. The molecule has 1 amide bonds. The van der Waals surface area contributed by atoms with E-state index in [9.17, 15) is 14.9 Å². The fraction of sp³-hybridized carbons (Fsp3) is 0.267. The first-order valence-corrected chi connectivity index (χ1v) is 8.28. The van der Waals surface area contributed by atoms with E-state index in [1.807, 2.05) is 0 Å². The molecule has 1 unspecified atom stereocenters. The van der Waals surface area contributed by atoms with Gasteiger partial charge in [0.15, 0.2) is 0 Å². The lowest BCUT2D eigenvalue weighted by atomic mass is 10.2. The third kappa shape index (κ3) is 5.10. The molecule has 11 heteroatoms. The van der Waals surface area contributed by atoms with E-state index in [1.54, 1.807) is 31.2 Å². The molecule has 0 aliphatic rings. The second kappa shape index (κ2) is 9.06. The first-order chi connectivity index (χ1) is 12.4. The summed E-state index contributed by atoms with van der Waals surface area (Å²) in [6, 6.07) is 6.42. The molecule has 0 aliphatic heterocycles. The maximum atomic E-state index is 12.1. The summed E-state index contributed by atoms with van der Waals surface area (Å²) in [6.45, 7) is 2.13. The van der Waals surface area contributed by atoms with Crippen molar-refractivity contribution in [1.29, 1.82) is 0 Å². The predicted octanol–water partition coefficient (Wildman–Crippen LogP) is 2.35. The lowest BCUT2D eigenvalue weighted by molar-refractivity contribution is -0.383. The van der Waals surface area contributed by atoms with Crippen LogP contribution in [0.3, 0.4) is 0 Å². The lowest BCUT2D eigenvalue weighted by Gasteiger charge is -2.14. The van der Waals surface area contributed by atoms with Gasteiger partial charge in [0.2, 0.25) is 11.6 Å². The van der Waals surface area contributed by atoms with Crippen LogP contribution in [0.4, 0.5) is 17.3 Å². The highest BCUT2D eigenvalue weighted by Gasteiger charge is 2.24. The van der Waals surface area contributed by atoms with E-state index in [4.69, 9.17) is 4.74 Å². The van der Waals surface area contributed by atoms with E-state index < -0.39 is 10.8 Å². The van der Waals surface area contributed by atoms with Crippen LogP contribution < -0.4 is 16.2 Å². The second-order valence-corrected chi connectivity index (χ2v) is 6.18. The van der Waals surface area contributed by atoms with E-state index in [0.29, 0.717) is 12.2 Å². The zero-order chi connectivity index (χ0) is 19.1. The number of nitro groups is 1. The van der Waals surface area contributed by atoms with E-state index >= 15 is 0 Å². The highest BCUT2D eigenvalue weighted by Crippen LogP contribution is 2.28. The number of anilines is 2. The largest absolute Gasteiger partial charge is 0.383 e. The van der Waals surface area contributed by atoms with Gasteiger partial charge in [0.05, 0.1) is 11.5 Å². The molecule has 0 radical (unpaired) electrons. The number of amides is 1. The fourth-order valence-electron chi connectivity index (χ4n) is 2.06. The minimum atomic E-state index is -0.629. The van der Waals surface area contributed by atoms with Crippen molar-refractivity contribution in [2.45, 2.75) is 13.0 Å². The number of nitrogens with one attached hydrogen (secondary N) is 3. The molecule has 0 saturated carbocycles. The molecule has 3 N–H and O–H groups in total. The number of nitrogens with zero attached hydrogens (tertiary/aromatic N) is 3. The molecule has 1 atom stereocenters. The minimum Gasteiger partial charge on any atom is -0.383 e. The van der Waals surface area contributed by atoms with Crippen molar-refractivity contribution in [3.63, 3.8) is 0 Å². The highest BCUT2D eigenvalue weighted by molar-refractivity contribution is 9.10. The van der Waals surface area contributed by atoms with Crippen LogP contribution in [0.15, 0.2) is 35.1 Å². The summed E-state index contributed by atoms with van der Waals surface area (Å²) in [7, 11) is 1.53. The number of carbonyl (C=O) groups excluding carboxylic acids is 1. The van der Waals surface area contributed by atoms with Crippen LogP contribution in [-0.4, -0.2) is 40.6 Å². The van der Waals surface area contributed by atoms with Gasteiger partial charge in [0.25, 0.3) is 5.91 Å². The predicted molar refractivity (Wildman–Crippen MR) is 98.9 cm³/mol. The Balaban J connectivity index is 2.16. The van der Waals surface area contributed by atoms with E-state index in [1.165, 1.54) is 7.11 Å². The Hall–Kier alpha value is -2.79. The molecule has 1 aromatic heterocycles. The summed E-state index contributed by atoms with van der Waals surface area (Å²) < 4.78 is 5.82. The summed E-state index contributed by atoms with van der Waals surface area (Å²) in [5.41, 5.74) is 4.86. The van der Waals surface area contributed by atoms with E-state index in [2.05, 4.69) is 42.1 Å². The van der Waals surface area contributed by atoms with Crippen molar-refractivity contribution in [1.82, 2.24) is 15.4 Å². The molecule has 138 valence electrons. The SMILES string of the molecule is COCC(C)Nc1ncnc(NNC(=O)c2ccc(Br)cc2)c1[N+](=O)[O-]. The smallest absolute Gasteiger partial charge is 0.354 e. The van der Waals surface area contributed by atoms with Crippen molar-refractivity contribution < 1.29 is 14.5 Å². The highest BCUT2D eigenvalue weighted by atomic mass is 79.9. The molecule has 10 nitrogen and oxygen atoms in total. The minimum absolute atomic E-state index is 0.0231. The van der Waals surface area contributed by atoms with Gasteiger partial charge in [-0.05, 0) is 31.2 Å². The third-order valence-corrected chi connectivity index (χ3v) is 3.73. The Bertz CT molecular complexity index is 786. The van der Waals surface area contributed by atoms with Crippen molar-refractivity contribution in [3.8, 4) is 0 Å². The zero-order valence-electron chi connectivity index (χ0n) is 14.0. The number of rotatable bonds is 8. The Morgan fingerprint density at radius 2 is 1.96 bits per heavy atom. The molecular formula is C15H17BrN6O4. The maximum absolute atomic E-state index is 12.1. The molecule has 0 bridgehead atoms. The summed E-state index contributed by atoms with van der Waals surface area (Å²) in [4.78, 5) is 30.7. The number of aromatic nitrogens is 2. The lowest BCUT2D eigenvalue weighted by Crippen LogP contribution is -2.30. The number of halogens is 1. The number of benzene rings is 1. The molecule has 0 spiro atoms. The maximum Gasteiger partial charge on any atom is 0.354 e. The van der Waals surface area contributed by atoms with Crippen molar-refractivity contribution in [3.05, 3.63) is 50.7 Å². The Morgan fingerprint density at radius 1 is 1.31 bits per heavy atom. The average molecular weight is 425 g/mol. The number of hydrogen-bond acceptors (Lipinski definition) is 8. The van der Waals surface area contributed by atoms with Gasteiger partial charge >= 0.3 is 5.69 Å². The van der Waals surface area contributed by atoms with Crippen LogP contribution in [0.25, 0.3) is 0 Å². The molecular weight excluding hydrogens is 408 g/mol. The van der Waals surface area contributed by atoms with Crippen LogP contribution in [0, 0.1) is 10.1 Å². The molecule has 1 aromatic carbocycles. The number of methoxy groups -OCH3 is 1. The Kier molecular flexibility index (Phi) is 6.81. The van der Waals surface area contributed by atoms with Gasteiger partial charge in [-0.25, -0.2) is 9.97 Å². The zero-order valence-corrected chi connectivity index (χ0v) is 15.6. The van der Waals surface area contributed by atoms with Crippen LogP contribution in [0.2, 0.25) is 0 Å². The molecule has 0 fully saturated rings. The van der Waals surface area contributed by atoms with E-state index in [-0.39, 0.29) is 23.4 Å². The Morgan fingerprint density at radius 3 is 2.58 bits per heavy atom. The van der Waals surface area contributed by atoms with Crippen molar-refractivity contribution in [2.75, 3.05) is 24.5 Å². The quantitative estimate of drug-likeness (QED) is 0.434. The van der Waals surface area contributed by atoms with Crippen LogP contribution >= 0.6 is 15.9 Å². The second-order valence-electron chi connectivity index (χ2n) is 5.26. The average Bonchev–Trinajstić information content (AvgIpc) is 2.60.